The van der Waals surface area contributed by atoms with E-state index in [1.165, 1.54) is 12.5 Å². The molecule has 57 heavy (non-hydrogen) atoms. The summed E-state index contributed by atoms with van der Waals surface area (Å²) >= 11 is 0. The van der Waals surface area contributed by atoms with Gasteiger partial charge in [0, 0.05) is 12.3 Å². The molecule has 0 unspecified atom stereocenters. The highest BCUT2D eigenvalue weighted by atomic mass is 16.7. The fourth-order valence-corrected chi connectivity index (χ4v) is 13.7. The molecule has 2 saturated heterocycles. The molecule has 2 heterocycles. The lowest BCUT2D eigenvalue weighted by molar-refractivity contribution is -0.352. The van der Waals surface area contributed by atoms with Gasteiger partial charge in [-0.15, -0.1) is 0 Å². The van der Waals surface area contributed by atoms with Gasteiger partial charge < -0.3 is 59.4 Å². The Balaban J connectivity index is 1.44. The smallest absolute Gasteiger partial charge is 0.303 e. The Bertz CT molecular complexity index is 1480. The number of aliphatic hydroxyl groups excluding tert-OH is 6. The third-order valence-corrected chi connectivity index (χ3v) is 16.7. The summed E-state index contributed by atoms with van der Waals surface area (Å²) in [4.78, 5) is 12.8. The normalized spacial score (nSPS) is 51.8. The van der Waals surface area contributed by atoms with Crippen LogP contribution in [0.1, 0.15) is 128 Å². The van der Waals surface area contributed by atoms with Crippen molar-refractivity contribution < 1.29 is 64.2 Å². The lowest BCUT2D eigenvalue weighted by Gasteiger charge is -2.72. The van der Waals surface area contributed by atoms with Gasteiger partial charge in [0.2, 0.25) is 0 Å². The van der Waals surface area contributed by atoms with Crippen molar-refractivity contribution in [3.05, 3.63) is 11.6 Å². The lowest BCUT2D eigenvalue weighted by Crippen LogP contribution is -2.71. The number of fused-ring (bicyclic) bond motifs is 5. The largest absolute Gasteiger partial charge is 0.459 e. The zero-order valence-electron chi connectivity index (χ0n) is 36.1. The molecule has 0 aromatic carbocycles. The Morgan fingerprint density at radius 3 is 1.82 bits per heavy atom. The van der Waals surface area contributed by atoms with Gasteiger partial charge in [0.1, 0.15) is 42.7 Å². The summed E-state index contributed by atoms with van der Waals surface area (Å²) in [6.07, 6.45) is -7.00. The van der Waals surface area contributed by atoms with Crippen LogP contribution in [0.15, 0.2) is 11.6 Å². The highest BCUT2D eigenvalue weighted by molar-refractivity contribution is 5.66. The number of aliphatic hydroxyl groups is 7. The first-order valence-electron chi connectivity index (χ1n) is 21.5. The number of ether oxygens (including phenoxy) is 5. The monoisotopic (exact) mass is 811 g/mol. The van der Waals surface area contributed by atoms with Gasteiger partial charge in [-0.1, -0.05) is 46.3 Å². The minimum absolute atomic E-state index is 0.0185. The van der Waals surface area contributed by atoms with Crippen LogP contribution in [0.2, 0.25) is 0 Å². The van der Waals surface area contributed by atoms with Crippen LogP contribution in [-0.2, 0) is 28.5 Å². The third kappa shape index (κ3) is 7.59. The second-order valence-electron chi connectivity index (χ2n) is 20.8. The van der Waals surface area contributed by atoms with Crippen molar-refractivity contribution >= 4 is 5.97 Å². The van der Waals surface area contributed by atoms with Crippen molar-refractivity contribution in [3.8, 4) is 0 Å². The Hall–Kier alpha value is -1.23. The molecule has 6 aliphatic rings. The van der Waals surface area contributed by atoms with Gasteiger partial charge >= 0.3 is 5.97 Å². The molecule has 0 bridgehead atoms. The second-order valence-corrected chi connectivity index (χ2v) is 20.8. The first-order chi connectivity index (χ1) is 26.3. The molecule has 4 saturated carbocycles. The number of hydrogen-bond donors (Lipinski definition) is 7. The van der Waals surface area contributed by atoms with Gasteiger partial charge in [0.05, 0.1) is 30.0 Å². The van der Waals surface area contributed by atoms with Crippen LogP contribution in [0, 0.1) is 45.3 Å². The van der Waals surface area contributed by atoms with E-state index < -0.39 is 102 Å². The molecule has 6 fully saturated rings. The van der Waals surface area contributed by atoms with Crippen LogP contribution in [0.5, 0.6) is 0 Å². The number of esters is 1. The van der Waals surface area contributed by atoms with Crippen LogP contribution < -0.4 is 0 Å². The number of hydrogen-bond acceptors (Lipinski definition) is 13. The molecule has 0 radical (unpaired) electrons. The van der Waals surface area contributed by atoms with Crippen molar-refractivity contribution in [2.75, 3.05) is 0 Å². The van der Waals surface area contributed by atoms with Crippen molar-refractivity contribution in [1.29, 1.82) is 0 Å². The van der Waals surface area contributed by atoms with Crippen LogP contribution in [-0.4, -0.2) is 127 Å². The molecule has 7 N–H and O–H groups in total. The highest BCUT2D eigenvalue weighted by Crippen LogP contribution is 2.76. The predicted octanol–water partition coefficient (Wildman–Crippen LogP) is 3.75. The zero-order valence-corrected chi connectivity index (χ0v) is 36.1. The summed E-state index contributed by atoms with van der Waals surface area (Å²) in [5.74, 6) is -0.651. The van der Waals surface area contributed by atoms with Crippen LogP contribution in [0.3, 0.4) is 0 Å². The van der Waals surface area contributed by atoms with E-state index in [2.05, 4.69) is 54.5 Å². The van der Waals surface area contributed by atoms with Crippen molar-refractivity contribution in [3.63, 3.8) is 0 Å². The molecule has 13 heteroatoms. The van der Waals surface area contributed by atoms with E-state index in [1.54, 1.807) is 13.8 Å². The SMILES string of the molecule is CC(=O)O[C@@H]1[C@H](O[C@@H]2O[C@H](C)[C@@H](O)[C@H](O)[C@H]2O)C[C@]2(C)[C@H]3[C@H](O[C@@H]4O[C@H](C)[C@H](O)[C@H](O)[C@H]4O)C[C@@H]4[C@@H]([C@](C)(O)CCC=C(C)C)CC[C@@]4(C)[C@]3(C)CC[C@H]2C1(C)C. The van der Waals surface area contributed by atoms with E-state index in [1.807, 2.05) is 6.92 Å². The summed E-state index contributed by atoms with van der Waals surface area (Å²) in [6, 6.07) is 0. The molecule has 328 valence electrons. The van der Waals surface area contributed by atoms with E-state index in [0.717, 1.165) is 32.1 Å². The Labute approximate surface area is 339 Å². The maximum atomic E-state index is 12.8. The molecular formula is C44H74O13. The summed E-state index contributed by atoms with van der Waals surface area (Å²) < 4.78 is 31.9. The maximum absolute atomic E-state index is 12.8. The quantitative estimate of drug-likeness (QED) is 0.101. The number of allylic oxidation sites excluding steroid dienone is 2. The Kier molecular flexibility index (Phi) is 12.6. The van der Waals surface area contributed by atoms with Gasteiger partial charge in [0.25, 0.3) is 0 Å². The molecule has 0 aromatic heterocycles. The van der Waals surface area contributed by atoms with Crippen LogP contribution in [0.25, 0.3) is 0 Å². The van der Waals surface area contributed by atoms with E-state index in [0.29, 0.717) is 19.3 Å². The predicted molar refractivity (Wildman–Crippen MR) is 209 cm³/mol. The topological polar surface area (TPSA) is 205 Å². The average Bonchev–Trinajstić information content (AvgIpc) is 3.47. The molecule has 0 amide bonds. The van der Waals surface area contributed by atoms with Crippen molar-refractivity contribution in [2.45, 2.75) is 213 Å². The second kappa shape index (κ2) is 15.9. The molecule has 0 spiro atoms. The standard InChI is InChI=1S/C44H74O13/c1-21(2)13-12-16-44(11,52)25-14-17-42(9)26(25)19-27(56-38-34(50)32(48)30(46)22(3)53-38)36-41(8)20-28(57-39-35(51)33(49)31(47)23(4)54-39)37(55-24(5)45)40(6,7)29(41)15-18-43(36,42)10/h13,22-23,25-39,46-52H,12,14-20H2,1-11H3/t22-,23-,25+,26-,27-,28-,29+,30+,31-,32+,33+,34-,35-,36-,37-,38+,39+,41+,42-,43-,44-/m1/s1. The summed E-state index contributed by atoms with van der Waals surface area (Å²) in [5.41, 5.74) is -1.58. The molecule has 21 atom stereocenters. The number of carbonyl (C=O) groups excluding carboxylic acids is 1. The Morgan fingerprint density at radius 2 is 1.30 bits per heavy atom. The van der Waals surface area contributed by atoms with E-state index in [4.69, 9.17) is 23.7 Å². The summed E-state index contributed by atoms with van der Waals surface area (Å²) in [5, 5.41) is 77.4. The molecule has 0 aromatic rings. The third-order valence-electron chi connectivity index (χ3n) is 16.7. The first kappa shape index (κ1) is 45.3. The summed E-state index contributed by atoms with van der Waals surface area (Å²) in [6.45, 7) is 21.9. The van der Waals surface area contributed by atoms with Gasteiger partial charge in [-0.2, -0.15) is 0 Å². The number of carbonyl (C=O) groups is 1. The molecule has 13 nitrogen and oxygen atoms in total. The van der Waals surface area contributed by atoms with Gasteiger partial charge in [-0.25, -0.2) is 0 Å². The van der Waals surface area contributed by atoms with E-state index in [-0.39, 0.29) is 34.5 Å². The zero-order chi connectivity index (χ0) is 42.4. The van der Waals surface area contributed by atoms with Crippen LogP contribution >= 0.6 is 0 Å². The molecule has 6 rings (SSSR count). The highest BCUT2D eigenvalue weighted by Gasteiger charge is 2.74. The Morgan fingerprint density at radius 1 is 0.772 bits per heavy atom. The van der Waals surface area contributed by atoms with Gasteiger partial charge in [-0.3, -0.25) is 4.79 Å². The average molecular weight is 811 g/mol. The van der Waals surface area contributed by atoms with Gasteiger partial charge in [-0.05, 0) is 126 Å². The minimum atomic E-state index is -1.56. The summed E-state index contributed by atoms with van der Waals surface area (Å²) in [7, 11) is 0. The van der Waals surface area contributed by atoms with E-state index in [9.17, 15) is 40.5 Å². The number of rotatable bonds is 9. The first-order valence-corrected chi connectivity index (χ1v) is 21.5. The van der Waals surface area contributed by atoms with Crippen molar-refractivity contribution in [1.82, 2.24) is 0 Å². The fourth-order valence-electron chi connectivity index (χ4n) is 13.7. The van der Waals surface area contributed by atoms with Crippen LogP contribution in [0.4, 0.5) is 0 Å². The molecule has 2 aliphatic heterocycles. The van der Waals surface area contributed by atoms with Gasteiger partial charge in [0.15, 0.2) is 12.6 Å². The van der Waals surface area contributed by atoms with E-state index >= 15 is 0 Å². The lowest BCUT2D eigenvalue weighted by atomic mass is 9.34. The maximum Gasteiger partial charge on any atom is 0.303 e. The molecular weight excluding hydrogens is 736 g/mol. The van der Waals surface area contributed by atoms with Crippen molar-refractivity contribution in [2.24, 2.45) is 45.3 Å². The fraction of sp³-hybridized carbons (Fsp3) is 0.932. The molecule has 4 aliphatic carbocycles. The minimum Gasteiger partial charge on any atom is -0.459 e.